The van der Waals surface area contributed by atoms with Crippen molar-refractivity contribution in [2.45, 2.75) is 20.8 Å². The number of carbonyl (C=O) groups is 1. The second kappa shape index (κ2) is 5.80. The van der Waals surface area contributed by atoms with Crippen LogP contribution in [0.25, 0.3) is 16.6 Å². The van der Waals surface area contributed by atoms with Crippen molar-refractivity contribution in [3.8, 4) is 16.9 Å². The van der Waals surface area contributed by atoms with Crippen LogP contribution in [0.4, 0.5) is 0 Å². The fraction of sp³-hybridized carbons (Fsp3) is 0.211. The number of benzene rings is 1. The average molecular weight is 309 g/mol. The molecule has 0 aliphatic rings. The molecule has 3 aromatic rings. The first-order valence-electron chi connectivity index (χ1n) is 7.60. The van der Waals surface area contributed by atoms with E-state index in [0.29, 0.717) is 17.7 Å². The first-order valence-corrected chi connectivity index (χ1v) is 7.60. The topological polar surface area (TPSA) is 50.9 Å². The zero-order valence-electron chi connectivity index (χ0n) is 13.5. The average Bonchev–Trinajstić information content (AvgIpc) is 2.90. The van der Waals surface area contributed by atoms with Gasteiger partial charge in [0.25, 0.3) is 0 Å². The Balaban J connectivity index is 2.26. The van der Waals surface area contributed by atoms with Gasteiger partial charge in [-0.05, 0) is 61.7 Å². The van der Waals surface area contributed by atoms with Crippen molar-refractivity contribution in [1.29, 1.82) is 0 Å². The van der Waals surface area contributed by atoms with E-state index in [4.69, 9.17) is 4.74 Å². The Labute approximate surface area is 135 Å². The number of fused-ring (bicyclic) bond motifs is 1. The lowest BCUT2D eigenvalue weighted by Gasteiger charge is -2.12. The molecule has 1 aromatic carbocycles. The van der Waals surface area contributed by atoms with Gasteiger partial charge in [0.1, 0.15) is 5.75 Å². The number of rotatable bonds is 4. The van der Waals surface area contributed by atoms with Crippen molar-refractivity contribution in [3.63, 3.8) is 0 Å². The van der Waals surface area contributed by atoms with E-state index >= 15 is 0 Å². The minimum absolute atomic E-state index is 0.331. The number of carboxylic acid groups (broad SMARTS) is 1. The highest BCUT2D eigenvalue weighted by molar-refractivity contribution is 6.04. The van der Waals surface area contributed by atoms with Crippen molar-refractivity contribution in [2.75, 3.05) is 6.61 Å². The monoisotopic (exact) mass is 309 g/mol. The molecule has 0 saturated heterocycles. The fourth-order valence-electron chi connectivity index (χ4n) is 2.94. The summed E-state index contributed by atoms with van der Waals surface area (Å²) >= 11 is 0. The van der Waals surface area contributed by atoms with Crippen LogP contribution < -0.4 is 4.74 Å². The second-order valence-corrected chi connectivity index (χ2v) is 5.58. The van der Waals surface area contributed by atoms with Gasteiger partial charge < -0.3 is 14.2 Å². The Hall–Kier alpha value is -2.75. The van der Waals surface area contributed by atoms with Crippen LogP contribution in [0.3, 0.4) is 0 Å². The Morgan fingerprint density at radius 1 is 1.17 bits per heavy atom. The largest absolute Gasteiger partial charge is 0.494 e. The number of aromatic carboxylic acids is 1. The number of hydrogen-bond donors (Lipinski definition) is 1. The molecule has 1 N–H and O–H groups in total. The normalized spacial score (nSPS) is 10.9. The maximum Gasteiger partial charge on any atom is 0.338 e. The lowest BCUT2D eigenvalue weighted by Crippen LogP contribution is -2.00. The first kappa shape index (κ1) is 15.2. The van der Waals surface area contributed by atoms with E-state index in [1.807, 2.05) is 67.9 Å². The van der Waals surface area contributed by atoms with E-state index in [9.17, 15) is 9.90 Å². The van der Waals surface area contributed by atoms with E-state index in [-0.39, 0.29) is 0 Å². The van der Waals surface area contributed by atoms with E-state index < -0.39 is 5.97 Å². The molecule has 4 nitrogen and oxygen atoms in total. The van der Waals surface area contributed by atoms with Crippen LogP contribution in [-0.4, -0.2) is 22.1 Å². The molecule has 23 heavy (non-hydrogen) atoms. The summed E-state index contributed by atoms with van der Waals surface area (Å²) in [5.41, 5.74) is 4.68. The van der Waals surface area contributed by atoms with Crippen molar-refractivity contribution < 1.29 is 14.6 Å². The van der Waals surface area contributed by atoms with Crippen LogP contribution in [0, 0.1) is 13.8 Å². The molecule has 0 spiro atoms. The van der Waals surface area contributed by atoms with Crippen LogP contribution in [0.2, 0.25) is 0 Å². The molecular weight excluding hydrogens is 290 g/mol. The number of hydrogen-bond acceptors (Lipinski definition) is 2. The zero-order valence-corrected chi connectivity index (χ0v) is 13.5. The molecule has 4 heteroatoms. The molecule has 0 radical (unpaired) electrons. The molecule has 0 amide bonds. The Kier molecular flexibility index (Phi) is 3.82. The summed E-state index contributed by atoms with van der Waals surface area (Å²) in [7, 11) is 0. The predicted molar refractivity (Wildman–Crippen MR) is 90.4 cm³/mol. The Morgan fingerprint density at radius 2 is 1.96 bits per heavy atom. The third-order valence-corrected chi connectivity index (χ3v) is 4.01. The lowest BCUT2D eigenvalue weighted by atomic mass is 9.96. The van der Waals surface area contributed by atoms with E-state index in [1.54, 1.807) is 0 Å². The van der Waals surface area contributed by atoms with Gasteiger partial charge in [-0.1, -0.05) is 6.07 Å². The van der Waals surface area contributed by atoms with Crippen LogP contribution in [-0.2, 0) is 0 Å². The maximum atomic E-state index is 11.8. The zero-order chi connectivity index (χ0) is 16.6. The smallest absolute Gasteiger partial charge is 0.338 e. The van der Waals surface area contributed by atoms with Crippen molar-refractivity contribution in [1.82, 2.24) is 4.40 Å². The number of carboxylic acids is 1. The van der Waals surface area contributed by atoms with Gasteiger partial charge in [-0.15, -0.1) is 0 Å². The van der Waals surface area contributed by atoms with Crippen LogP contribution in [0.15, 0.2) is 42.7 Å². The van der Waals surface area contributed by atoms with Gasteiger partial charge in [-0.2, -0.15) is 0 Å². The third kappa shape index (κ3) is 2.57. The summed E-state index contributed by atoms with van der Waals surface area (Å²) in [4.78, 5) is 11.8. The maximum absolute atomic E-state index is 11.8. The molecule has 0 unspecified atom stereocenters. The van der Waals surface area contributed by atoms with Gasteiger partial charge in [-0.3, -0.25) is 0 Å². The second-order valence-electron chi connectivity index (χ2n) is 5.58. The minimum Gasteiger partial charge on any atom is -0.494 e. The number of pyridine rings is 1. The molecule has 0 aliphatic carbocycles. The molecule has 0 atom stereocenters. The number of ether oxygens (including phenoxy) is 1. The summed E-state index contributed by atoms with van der Waals surface area (Å²) in [5, 5.41) is 9.67. The standard InChI is InChI=1S/C19H19NO3/c1-4-23-17-10-12(2)14(9-13(17)3)15-11-20-8-6-5-7-16(20)18(15)19(21)22/h5-11H,4H2,1-3H3,(H,21,22). The summed E-state index contributed by atoms with van der Waals surface area (Å²) in [5.74, 6) is -0.0750. The van der Waals surface area contributed by atoms with Crippen LogP contribution in [0.5, 0.6) is 5.75 Å². The summed E-state index contributed by atoms with van der Waals surface area (Å²) < 4.78 is 7.47. The van der Waals surface area contributed by atoms with Gasteiger partial charge in [0.15, 0.2) is 0 Å². The number of aromatic nitrogens is 1. The van der Waals surface area contributed by atoms with Gasteiger partial charge in [-0.25, -0.2) is 4.79 Å². The first-order chi connectivity index (χ1) is 11.0. The summed E-state index contributed by atoms with van der Waals surface area (Å²) in [6.07, 6.45) is 3.74. The highest BCUT2D eigenvalue weighted by Gasteiger charge is 2.20. The van der Waals surface area contributed by atoms with Crippen LogP contribution in [0.1, 0.15) is 28.4 Å². The molecular formula is C19H19NO3. The number of aryl methyl sites for hydroxylation is 2. The molecule has 118 valence electrons. The fourth-order valence-corrected chi connectivity index (χ4v) is 2.94. The van der Waals surface area contributed by atoms with Crippen LogP contribution >= 0.6 is 0 Å². The van der Waals surface area contributed by atoms with Gasteiger partial charge in [0.2, 0.25) is 0 Å². The molecule has 0 aliphatic heterocycles. The Bertz CT molecular complexity index is 893. The molecule has 2 heterocycles. The van der Waals surface area contributed by atoms with Crippen molar-refractivity contribution in [3.05, 3.63) is 59.4 Å². The highest BCUT2D eigenvalue weighted by atomic mass is 16.5. The van der Waals surface area contributed by atoms with Crippen molar-refractivity contribution >= 4 is 11.5 Å². The minimum atomic E-state index is -0.917. The van der Waals surface area contributed by atoms with E-state index in [0.717, 1.165) is 28.0 Å². The summed E-state index contributed by atoms with van der Waals surface area (Å²) in [6.45, 7) is 6.51. The quantitative estimate of drug-likeness (QED) is 0.781. The van der Waals surface area contributed by atoms with Gasteiger partial charge >= 0.3 is 5.97 Å². The Morgan fingerprint density at radius 3 is 2.65 bits per heavy atom. The molecule has 0 bridgehead atoms. The van der Waals surface area contributed by atoms with E-state index in [2.05, 4.69) is 0 Å². The van der Waals surface area contributed by atoms with Gasteiger partial charge in [0, 0.05) is 18.0 Å². The molecule has 2 aromatic heterocycles. The third-order valence-electron chi connectivity index (χ3n) is 4.01. The SMILES string of the molecule is CCOc1cc(C)c(-c2cn3ccccc3c2C(=O)O)cc1C. The number of nitrogens with zero attached hydrogens (tertiary/aromatic N) is 1. The van der Waals surface area contributed by atoms with Crippen molar-refractivity contribution in [2.24, 2.45) is 0 Å². The molecule has 0 saturated carbocycles. The summed E-state index contributed by atoms with van der Waals surface area (Å²) in [6, 6.07) is 9.54. The molecule has 0 fully saturated rings. The predicted octanol–water partition coefficient (Wildman–Crippen LogP) is 4.32. The van der Waals surface area contributed by atoms with Gasteiger partial charge in [0.05, 0.1) is 17.7 Å². The lowest BCUT2D eigenvalue weighted by molar-refractivity contribution is 0.0700. The van der Waals surface area contributed by atoms with E-state index in [1.165, 1.54) is 0 Å². The molecule has 3 rings (SSSR count). The highest BCUT2D eigenvalue weighted by Crippen LogP contribution is 2.34.